The van der Waals surface area contributed by atoms with E-state index >= 15 is 0 Å². The first kappa shape index (κ1) is 15.1. The van der Waals surface area contributed by atoms with Gasteiger partial charge >= 0.3 is 5.97 Å². The smallest absolute Gasteiger partial charge is 0.326 e. The van der Waals surface area contributed by atoms with Gasteiger partial charge in [-0.1, -0.05) is 12.8 Å². The SMILES string of the molecule is O=C(O)C1CCCCCN1C(=O)c1ccc(I)c(O)c1. The van der Waals surface area contributed by atoms with Gasteiger partial charge in [0.1, 0.15) is 11.8 Å². The summed E-state index contributed by atoms with van der Waals surface area (Å²) in [5.74, 6) is -1.25. The van der Waals surface area contributed by atoms with Crippen molar-refractivity contribution in [3.05, 3.63) is 27.3 Å². The summed E-state index contributed by atoms with van der Waals surface area (Å²) >= 11 is 1.97. The van der Waals surface area contributed by atoms with Crippen LogP contribution in [0.5, 0.6) is 5.75 Å². The Morgan fingerprint density at radius 2 is 2.00 bits per heavy atom. The minimum Gasteiger partial charge on any atom is -0.507 e. The molecular formula is C14H16INO4. The lowest BCUT2D eigenvalue weighted by atomic mass is 10.1. The highest BCUT2D eigenvalue weighted by molar-refractivity contribution is 14.1. The van der Waals surface area contributed by atoms with Crippen LogP contribution in [0.15, 0.2) is 18.2 Å². The molecule has 1 heterocycles. The number of carboxylic acid groups (broad SMARTS) is 1. The first-order valence-corrected chi connectivity index (χ1v) is 7.61. The Hall–Kier alpha value is -1.31. The van der Waals surface area contributed by atoms with Gasteiger partial charge in [0.15, 0.2) is 0 Å². The Morgan fingerprint density at radius 1 is 1.25 bits per heavy atom. The van der Waals surface area contributed by atoms with E-state index in [2.05, 4.69) is 0 Å². The monoisotopic (exact) mass is 389 g/mol. The van der Waals surface area contributed by atoms with Crippen molar-refractivity contribution in [2.75, 3.05) is 6.54 Å². The molecule has 5 nitrogen and oxygen atoms in total. The molecule has 0 bridgehead atoms. The van der Waals surface area contributed by atoms with Gasteiger partial charge in [0.05, 0.1) is 3.57 Å². The molecule has 0 aromatic heterocycles. The molecule has 1 amide bonds. The normalized spacial score (nSPS) is 19.4. The molecular weight excluding hydrogens is 373 g/mol. The molecule has 2 N–H and O–H groups in total. The van der Waals surface area contributed by atoms with Crippen molar-refractivity contribution in [1.29, 1.82) is 0 Å². The van der Waals surface area contributed by atoms with E-state index in [0.29, 0.717) is 22.1 Å². The lowest BCUT2D eigenvalue weighted by Gasteiger charge is -2.27. The number of rotatable bonds is 2. The highest BCUT2D eigenvalue weighted by atomic mass is 127. The molecule has 2 rings (SSSR count). The van der Waals surface area contributed by atoms with Crippen LogP contribution in [-0.2, 0) is 4.79 Å². The number of phenols is 1. The van der Waals surface area contributed by atoms with Gasteiger partial charge in [-0.15, -0.1) is 0 Å². The first-order chi connectivity index (χ1) is 9.50. The zero-order valence-electron chi connectivity index (χ0n) is 10.9. The summed E-state index contributed by atoms with van der Waals surface area (Å²) in [5, 5.41) is 19.0. The molecule has 1 unspecified atom stereocenters. The molecule has 20 heavy (non-hydrogen) atoms. The molecule has 0 radical (unpaired) electrons. The lowest BCUT2D eigenvalue weighted by Crippen LogP contribution is -2.44. The molecule has 108 valence electrons. The van der Waals surface area contributed by atoms with Crippen LogP contribution in [0.4, 0.5) is 0 Å². The van der Waals surface area contributed by atoms with E-state index in [4.69, 9.17) is 0 Å². The zero-order valence-corrected chi connectivity index (χ0v) is 13.0. The fraction of sp³-hybridized carbons (Fsp3) is 0.429. The van der Waals surface area contributed by atoms with E-state index in [1.807, 2.05) is 22.6 Å². The van der Waals surface area contributed by atoms with Gasteiger partial charge in [0, 0.05) is 12.1 Å². The number of aromatic hydroxyl groups is 1. The van der Waals surface area contributed by atoms with E-state index in [-0.39, 0.29) is 11.7 Å². The topological polar surface area (TPSA) is 77.8 Å². The predicted octanol–water partition coefficient (Wildman–Crippen LogP) is 2.47. The largest absolute Gasteiger partial charge is 0.507 e. The average Bonchev–Trinajstić information content (AvgIpc) is 2.66. The van der Waals surface area contributed by atoms with Crippen molar-refractivity contribution in [2.45, 2.75) is 31.7 Å². The number of amides is 1. The third kappa shape index (κ3) is 3.23. The van der Waals surface area contributed by atoms with E-state index in [9.17, 15) is 19.8 Å². The average molecular weight is 389 g/mol. The van der Waals surface area contributed by atoms with Crippen molar-refractivity contribution in [1.82, 2.24) is 4.90 Å². The van der Waals surface area contributed by atoms with Crippen molar-refractivity contribution in [3.63, 3.8) is 0 Å². The van der Waals surface area contributed by atoms with Crippen LogP contribution in [0, 0.1) is 3.57 Å². The maximum absolute atomic E-state index is 12.5. The van der Waals surface area contributed by atoms with Crippen LogP contribution in [0.3, 0.4) is 0 Å². The van der Waals surface area contributed by atoms with Gasteiger partial charge in [0.25, 0.3) is 5.91 Å². The number of nitrogens with zero attached hydrogens (tertiary/aromatic N) is 1. The van der Waals surface area contributed by atoms with Crippen molar-refractivity contribution in [3.8, 4) is 5.75 Å². The van der Waals surface area contributed by atoms with Gasteiger partial charge in [-0.2, -0.15) is 0 Å². The van der Waals surface area contributed by atoms with Gasteiger partial charge in [-0.25, -0.2) is 4.79 Å². The summed E-state index contributed by atoms with van der Waals surface area (Å²) in [6.45, 7) is 0.447. The minimum atomic E-state index is -0.963. The highest BCUT2D eigenvalue weighted by Gasteiger charge is 2.31. The Balaban J connectivity index is 2.28. The number of hydrogen-bond donors (Lipinski definition) is 2. The molecule has 1 atom stereocenters. The second-order valence-electron chi connectivity index (χ2n) is 4.87. The van der Waals surface area contributed by atoms with E-state index in [1.54, 1.807) is 12.1 Å². The number of benzene rings is 1. The number of carbonyl (C=O) groups is 2. The molecule has 0 aliphatic carbocycles. The number of phenolic OH excluding ortho intramolecular Hbond substituents is 1. The Morgan fingerprint density at radius 3 is 2.65 bits per heavy atom. The molecule has 1 aliphatic heterocycles. The summed E-state index contributed by atoms with van der Waals surface area (Å²) in [6, 6.07) is 3.89. The predicted molar refractivity (Wildman–Crippen MR) is 81.8 cm³/mol. The zero-order chi connectivity index (χ0) is 14.7. The van der Waals surface area contributed by atoms with E-state index in [0.717, 1.165) is 19.3 Å². The molecule has 0 saturated carbocycles. The summed E-state index contributed by atoms with van der Waals surface area (Å²) < 4.78 is 0.657. The van der Waals surface area contributed by atoms with Crippen LogP contribution in [0.25, 0.3) is 0 Å². The maximum atomic E-state index is 12.5. The molecule has 1 aliphatic rings. The van der Waals surface area contributed by atoms with E-state index in [1.165, 1.54) is 11.0 Å². The van der Waals surface area contributed by atoms with Crippen molar-refractivity contribution >= 4 is 34.5 Å². The van der Waals surface area contributed by atoms with Crippen LogP contribution in [-0.4, -0.2) is 39.6 Å². The minimum absolute atomic E-state index is 0.0400. The summed E-state index contributed by atoms with van der Waals surface area (Å²) in [7, 11) is 0. The molecule has 1 aromatic carbocycles. The number of carboxylic acids is 1. The molecule has 1 fully saturated rings. The summed E-state index contributed by atoms with van der Waals surface area (Å²) in [4.78, 5) is 25.2. The molecule has 6 heteroatoms. The van der Waals surface area contributed by atoms with Gasteiger partial charge in [-0.05, 0) is 53.6 Å². The number of aliphatic carboxylic acids is 1. The number of hydrogen-bond acceptors (Lipinski definition) is 3. The highest BCUT2D eigenvalue weighted by Crippen LogP contribution is 2.24. The fourth-order valence-electron chi connectivity index (χ4n) is 2.42. The standard InChI is InChI=1S/C14H16INO4/c15-10-6-5-9(8-12(10)17)13(18)16-7-3-1-2-4-11(16)14(19)20/h5-6,8,11,17H,1-4,7H2,(H,19,20). The second kappa shape index (κ2) is 6.43. The third-order valence-corrected chi connectivity index (χ3v) is 4.40. The lowest BCUT2D eigenvalue weighted by molar-refractivity contribution is -0.142. The van der Waals surface area contributed by atoms with Crippen LogP contribution in [0.1, 0.15) is 36.0 Å². The first-order valence-electron chi connectivity index (χ1n) is 6.53. The summed E-state index contributed by atoms with van der Waals surface area (Å²) in [6.07, 6.45) is 3.05. The van der Waals surface area contributed by atoms with E-state index < -0.39 is 12.0 Å². The van der Waals surface area contributed by atoms with Crippen LogP contribution in [0.2, 0.25) is 0 Å². The number of halogens is 1. The summed E-state index contributed by atoms with van der Waals surface area (Å²) in [5.41, 5.74) is 0.330. The van der Waals surface area contributed by atoms with Crippen molar-refractivity contribution in [2.24, 2.45) is 0 Å². The number of likely N-dealkylation sites (tertiary alicyclic amines) is 1. The molecule has 1 saturated heterocycles. The quantitative estimate of drug-likeness (QED) is 0.762. The Kier molecular flexibility index (Phi) is 4.85. The second-order valence-corrected chi connectivity index (χ2v) is 6.03. The van der Waals surface area contributed by atoms with Crippen LogP contribution >= 0.6 is 22.6 Å². The number of carbonyl (C=O) groups excluding carboxylic acids is 1. The van der Waals surface area contributed by atoms with Gasteiger partial charge in [0.2, 0.25) is 0 Å². The Bertz CT molecular complexity index is 532. The Labute approximate surface area is 130 Å². The van der Waals surface area contributed by atoms with Gasteiger partial charge in [-0.3, -0.25) is 4.79 Å². The fourth-order valence-corrected chi connectivity index (χ4v) is 2.76. The third-order valence-electron chi connectivity index (χ3n) is 3.49. The van der Waals surface area contributed by atoms with Crippen molar-refractivity contribution < 1.29 is 19.8 Å². The van der Waals surface area contributed by atoms with Gasteiger partial charge < -0.3 is 15.1 Å². The van der Waals surface area contributed by atoms with Crippen LogP contribution < -0.4 is 0 Å². The molecule has 1 aromatic rings. The molecule has 0 spiro atoms. The maximum Gasteiger partial charge on any atom is 0.326 e.